The van der Waals surface area contributed by atoms with Crippen molar-refractivity contribution in [3.05, 3.63) is 89.2 Å². The molecule has 208 valence electrons. The number of hydrogen-bond acceptors (Lipinski definition) is 5. The van der Waals surface area contributed by atoms with Crippen LogP contribution in [0.15, 0.2) is 77.7 Å². The largest absolute Gasteiger partial charge is 0.497 e. The molecule has 1 N–H and O–H groups in total. The first-order valence-corrected chi connectivity index (χ1v) is 14.0. The Morgan fingerprint density at radius 1 is 0.949 bits per heavy atom. The maximum atomic E-state index is 13.8. The van der Waals surface area contributed by atoms with Crippen LogP contribution in [0.2, 0.25) is 5.02 Å². The molecule has 0 fully saturated rings. The molecule has 3 rings (SSSR count). The quantitative estimate of drug-likeness (QED) is 0.360. The number of carbonyl (C=O) groups is 2. The average molecular weight is 576 g/mol. The number of carbonyl (C=O) groups excluding carboxylic acids is 2. The number of anilines is 1. The first-order chi connectivity index (χ1) is 18.4. The summed E-state index contributed by atoms with van der Waals surface area (Å²) in [5.41, 5.74) is 0.787. The number of halogens is 2. The van der Waals surface area contributed by atoms with Crippen LogP contribution in [0, 0.1) is 5.82 Å². The minimum absolute atomic E-state index is 0.0303. The molecule has 0 bridgehead atoms. The van der Waals surface area contributed by atoms with Crippen LogP contribution in [0.4, 0.5) is 10.1 Å². The summed E-state index contributed by atoms with van der Waals surface area (Å²) in [5.74, 6) is -1.12. The fraction of sp³-hybridized carbons (Fsp3) is 0.286. The summed E-state index contributed by atoms with van der Waals surface area (Å²) in [6.45, 7) is 4.57. The van der Waals surface area contributed by atoms with Gasteiger partial charge in [0.05, 0.1) is 17.7 Å². The molecule has 0 saturated heterocycles. The third kappa shape index (κ3) is 7.70. The molecule has 0 radical (unpaired) electrons. The van der Waals surface area contributed by atoms with E-state index >= 15 is 0 Å². The fourth-order valence-corrected chi connectivity index (χ4v) is 5.33. The van der Waals surface area contributed by atoms with Crippen LogP contribution in [-0.2, 0) is 26.2 Å². The van der Waals surface area contributed by atoms with Gasteiger partial charge in [-0.1, -0.05) is 23.7 Å². The van der Waals surface area contributed by atoms with Crippen LogP contribution in [0.1, 0.15) is 26.3 Å². The maximum Gasteiger partial charge on any atom is 0.264 e. The zero-order valence-corrected chi connectivity index (χ0v) is 23.7. The van der Waals surface area contributed by atoms with Crippen molar-refractivity contribution in [1.82, 2.24) is 10.2 Å². The van der Waals surface area contributed by atoms with Gasteiger partial charge < -0.3 is 15.0 Å². The highest BCUT2D eigenvalue weighted by Gasteiger charge is 2.32. The highest BCUT2D eigenvalue weighted by Crippen LogP contribution is 2.26. The van der Waals surface area contributed by atoms with E-state index in [1.165, 1.54) is 48.4 Å². The third-order valence-corrected chi connectivity index (χ3v) is 7.95. The second kappa shape index (κ2) is 12.9. The highest BCUT2D eigenvalue weighted by molar-refractivity contribution is 7.92. The number of hydrogen-bond donors (Lipinski definition) is 1. The fourth-order valence-electron chi connectivity index (χ4n) is 3.79. The van der Waals surface area contributed by atoms with Crippen molar-refractivity contribution in [3.8, 4) is 5.75 Å². The summed E-state index contributed by atoms with van der Waals surface area (Å²) < 4.78 is 47.2. The van der Waals surface area contributed by atoms with Gasteiger partial charge in [-0.2, -0.15) is 0 Å². The molecule has 0 heterocycles. The Morgan fingerprint density at radius 2 is 1.54 bits per heavy atom. The van der Waals surface area contributed by atoms with E-state index in [2.05, 4.69) is 5.32 Å². The lowest BCUT2D eigenvalue weighted by atomic mass is 10.1. The van der Waals surface area contributed by atoms with Crippen molar-refractivity contribution in [2.24, 2.45) is 0 Å². The first kappa shape index (κ1) is 29.9. The van der Waals surface area contributed by atoms with E-state index < -0.39 is 40.2 Å². The average Bonchev–Trinajstić information content (AvgIpc) is 2.91. The lowest BCUT2D eigenvalue weighted by Gasteiger charge is -2.32. The van der Waals surface area contributed by atoms with Gasteiger partial charge in [0.15, 0.2) is 0 Å². The minimum Gasteiger partial charge on any atom is -0.497 e. The predicted octanol–water partition coefficient (Wildman–Crippen LogP) is 4.62. The van der Waals surface area contributed by atoms with Crippen LogP contribution in [0.5, 0.6) is 5.75 Å². The first-order valence-electron chi connectivity index (χ1n) is 12.2. The molecule has 3 aromatic carbocycles. The van der Waals surface area contributed by atoms with Gasteiger partial charge in [-0.25, -0.2) is 12.8 Å². The van der Waals surface area contributed by atoms with E-state index in [4.69, 9.17) is 16.3 Å². The van der Waals surface area contributed by atoms with Crippen LogP contribution >= 0.6 is 11.6 Å². The topological polar surface area (TPSA) is 96.0 Å². The van der Waals surface area contributed by atoms with E-state index in [0.717, 1.165) is 16.4 Å². The summed E-state index contributed by atoms with van der Waals surface area (Å²) in [4.78, 5) is 27.9. The van der Waals surface area contributed by atoms with Crippen molar-refractivity contribution in [1.29, 1.82) is 0 Å². The number of amides is 2. The van der Waals surface area contributed by atoms with Crippen molar-refractivity contribution < 1.29 is 27.1 Å². The van der Waals surface area contributed by atoms with E-state index in [1.54, 1.807) is 45.0 Å². The minimum atomic E-state index is -4.27. The van der Waals surface area contributed by atoms with Gasteiger partial charge in [-0.3, -0.25) is 13.9 Å². The lowest BCUT2D eigenvalue weighted by Crippen LogP contribution is -2.52. The Morgan fingerprint density at radius 3 is 2.08 bits per heavy atom. The normalized spacial score (nSPS) is 12.1. The number of benzene rings is 3. The number of nitrogens with zero attached hydrogens (tertiary/aromatic N) is 2. The molecule has 0 spiro atoms. The monoisotopic (exact) mass is 575 g/mol. The molecule has 2 amide bonds. The molecule has 0 aliphatic rings. The third-order valence-electron chi connectivity index (χ3n) is 5.91. The Labute approximate surface area is 233 Å². The number of ether oxygens (including phenoxy) is 1. The van der Waals surface area contributed by atoms with Crippen LogP contribution in [-0.4, -0.2) is 50.9 Å². The Kier molecular flexibility index (Phi) is 9.93. The lowest BCUT2D eigenvalue weighted by molar-refractivity contribution is -0.139. The molecular formula is C28H31ClFN3O5S. The number of sulfonamides is 1. The van der Waals surface area contributed by atoms with Crippen molar-refractivity contribution in [3.63, 3.8) is 0 Å². The standard InChI is InChI=1S/C28H31ClFN3O5S/c1-19(2)31-28(35)20(3)32(17-21-5-7-22(29)8-6-21)27(34)18-33(24-11-9-23(30)10-12-24)39(36,37)26-15-13-25(38-4)14-16-26/h5-16,19-20H,17-18H2,1-4H3,(H,31,35)/t20-/m1/s1. The number of rotatable bonds is 11. The summed E-state index contributed by atoms with van der Waals surface area (Å²) in [5, 5.41) is 3.30. The summed E-state index contributed by atoms with van der Waals surface area (Å²) in [6.07, 6.45) is 0. The van der Waals surface area contributed by atoms with Crippen molar-refractivity contribution in [2.75, 3.05) is 18.0 Å². The molecule has 39 heavy (non-hydrogen) atoms. The maximum absolute atomic E-state index is 13.8. The Hall–Kier alpha value is -3.63. The highest BCUT2D eigenvalue weighted by atomic mass is 35.5. The van der Waals surface area contributed by atoms with Gasteiger partial charge in [0.2, 0.25) is 11.8 Å². The number of methoxy groups -OCH3 is 1. The molecule has 0 aromatic heterocycles. The predicted molar refractivity (Wildman–Crippen MR) is 149 cm³/mol. The van der Waals surface area contributed by atoms with E-state index in [1.807, 2.05) is 0 Å². The Bertz CT molecular complexity index is 1380. The smallest absolute Gasteiger partial charge is 0.264 e. The molecule has 11 heteroatoms. The molecular weight excluding hydrogens is 545 g/mol. The molecule has 0 aliphatic heterocycles. The molecule has 0 aliphatic carbocycles. The van der Waals surface area contributed by atoms with Gasteiger partial charge in [-0.15, -0.1) is 0 Å². The Balaban J connectivity index is 2.02. The molecule has 0 unspecified atom stereocenters. The second-order valence-corrected chi connectivity index (χ2v) is 11.4. The summed E-state index contributed by atoms with van der Waals surface area (Å²) >= 11 is 6.00. The van der Waals surface area contributed by atoms with Crippen LogP contribution < -0.4 is 14.4 Å². The molecule has 3 aromatic rings. The zero-order valence-electron chi connectivity index (χ0n) is 22.1. The molecule has 8 nitrogen and oxygen atoms in total. The SMILES string of the molecule is COc1ccc(S(=O)(=O)N(CC(=O)N(Cc2ccc(Cl)cc2)[C@H](C)C(=O)NC(C)C)c2ccc(F)cc2)cc1. The van der Waals surface area contributed by atoms with Crippen molar-refractivity contribution >= 4 is 39.1 Å². The van der Waals surface area contributed by atoms with Gasteiger partial charge in [-0.05, 0) is 87.0 Å². The van der Waals surface area contributed by atoms with E-state index in [0.29, 0.717) is 16.3 Å². The van der Waals surface area contributed by atoms with Gasteiger partial charge in [0.25, 0.3) is 10.0 Å². The van der Waals surface area contributed by atoms with E-state index in [9.17, 15) is 22.4 Å². The van der Waals surface area contributed by atoms with E-state index in [-0.39, 0.29) is 23.2 Å². The zero-order chi connectivity index (χ0) is 28.7. The van der Waals surface area contributed by atoms with Crippen LogP contribution in [0.25, 0.3) is 0 Å². The van der Waals surface area contributed by atoms with Crippen LogP contribution in [0.3, 0.4) is 0 Å². The molecule has 1 atom stereocenters. The molecule has 0 saturated carbocycles. The summed E-state index contributed by atoms with van der Waals surface area (Å²) in [7, 11) is -2.82. The van der Waals surface area contributed by atoms with Gasteiger partial charge >= 0.3 is 0 Å². The second-order valence-electron chi connectivity index (χ2n) is 9.15. The summed E-state index contributed by atoms with van der Waals surface area (Å²) in [6, 6.07) is 16.2. The van der Waals surface area contributed by atoms with Gasteiger partial charge in [0.1, 0.15) is 24.2 Å². The van der Waals surface area contributed by atoms with Gasteiger partial charge in [0, 0.05) is 17.6 Å². The van der Waals surface area contributed by atoms with Crippen molar-refractivity contribution in [2.45, 2.75) is 44.3 Å². The number of nitrogens with one attached hydrogen (secondary N) is 1.